The maximum Gasteiger partial charge on any atom is 0.358 e. The summed E-state index contributed by atoms with van der Waals surface area (Å²) < 4.78 is 1.62. The molecule has 0 amide bonds. The van der Waals surface area contributed by atoms with E-state index in [1.54, 1.807) is 4.68 Å². The minimum Gasteiger partial charge on any atom is -0.476 e. The normalized spacial score (nSPS) is 17.9. The number of aromatic nitrogens is 3. The highest BCUT2D eigenvalue weighted by Gasteiger charge is 2.15. The zero-order valence-corrected chi connectivity index (χ0v) is 8.39. The number of carboxylic acid groups (broad SMARTS) is 1. The molecule has 0 aromatic carbocycles. The summed E-state index contributed by atoms with van der Waals surface area (Å²) in [6, 6.07) is 0. The molecular weight excluding hydrogens is 196 g/mol. The third kappa shape index (κ3) is 2.53. The van der Waals surface area contributed by atoms with E-state index in [9.17, 15) is 4.79 Å². The zero-order chi connectivity index (χ0) is 10.7. The molecule has 1 aliphatic rings. The number of carboxylic acids is 1. The van der Waals surface area contributed by atoms with Crippen molar-refractivity contribution in [3.63, 3.8) is 0 Å². The molecule has 0 aliphatic carbocycles. The molecule has 0 radical (unpaired) electrons. The molecule has 1 aromatic heterocycles. The molecule has 2 N–H and O–H groups in total. The predicted molar refractivity (Wildman–Crippen MR) is 52.6 cm³/mol. The van der Waals surface area contributed by atoms with Crippen molar-refractivity contribution in [2.45, 2.75) is 19.4 Å². The smallest absolute Gasteiger partial charge is 0.358 e. The third-order valence-corrected chi connectivity index (χ3v) is 2.66. The van der Waals surface area contributed by atoms with E-state index in [1.165, 1.54) is 6.20 Å². The topological polar surface area (TPSA) is 80.0 Å². The van der Waals surface area contributed by atoms with E-state index in [0.29, 0.717) is 5.92 Å². The monoisotopic (exact) mass is 210 g/mol. The van der Waals surface area contributed by atoms with Crippen LogP contribution in [0.5, 0.6) is 0 Å². The number of aromatic carboxylic acids is 1. The fourth-order valence-corrected chi connectivity index (χ4v) is 1.81. The number of carbonyl (C=O) groups is 1. The van der Waals surface area contributed by atoms with Crippen LogP contribution >= 0.6 is 0 Å². The summed E-state index contributed by atoms with van der Waals surface area (Å²) in [5, 5.41) is 19.3. The number of piperidine rings is 1. The van der Waals surface area contributed by atoms with Crippen molar-refractivity contribution in [1.82, 2.24) is 20.3 Å². The van der Waals surface area contributed by atoms with Crippen molar-refractivity contribution < 1.29 is 9.90 Å². The van der Waals surface area contributed by atoms with Gasteiger partial charge in [0.05, 0.1) is 6.20 Å². The molecule has 2 rings (SSSR count). The first-order chi connectivity index (χ1) is 7.25. The lowest BCUT2D eigenvalue weighted by Gasteiger charge is -2.21. The average Bonchev–Trinajstić information content (AvgIpc) is 2.68. The Bertz CT molecular complexity index is 344. The van der Waals surface area contributed by atoms with Crippen LogP contribution in [0.15, 0.2) is 6.20 Å². The quantitative estimate of drug-likeness (QED) is 0.732. The largest absolute Gasteiger partial charge is 0.476 e. The highest BCUT2D eigenvalue weighted by molar-refractivity contribution is 5.84. The molecule has 0 bridgehead atoms. The molecule has 6 heteroatoms. The number of nitrogens with one attached hydrogen (secondary N) is 1. The first-order valence-electron chi connectivity index (χ1n) is 5.10. The van der Waals surface area contributed by atoms with E-state index < -0.39 is 5.97 Å². The highest BCUT2D eigenvalue weighted by Crippen LogP contribution is 2.13. The molecule has 1 saturated heterocycles. The van der Waals surface area contributed by atoms with Gasteiger partial charge in [-0.25, -0.2) is 4.79 Å². The molecule has 6 nitrogen and oxygen atoms in total. The molecule has 0 atom stereocenters. The van der Waals surface area contributed by atoms with Crippen molar-refractivity contribution >= 4 is 5.97 Å². The van der Waals surface area contributed by atoms with Gasteiger partial charge < -0.3 is 10.4 Å². The standard InChI is InChI=1S/C9H14N4O2/c14-9(15)8-6-13(12-11-8)5-7-1-3-10-4-2-7/h6-7,10H,1-5H2,(H,14,15). The molecule has 1 aromatic rings. The minimum absolute atomic E-state index is 0.0175. The molecule has 0 unspecified atom stereocenters. The lowest BCUT2D eigenvalue weighted by molar-refractivity contribution is 0.0690. The van der Waals surface area contributed by atoms with Crippen LogP contribution in [0.4, 0.5) is 0 Å². The Balaban J connectivity index is 1.94. The van der Waals surface area contributed by atoms with Gasteiger partial charge in [-0.1, -0.05) is 5.21 Å². The van der Waals surface area contributed by atoms with E-state index >= 15 is 0 Å². The number of rotatable bonds is 3. The molecule has 15 heavy (non-hydrogen) atoms. The van der Waals surface area contributed by atoms with Gasteiger partial charge in [0.25, 0.3) is 0 Å². The van der Waals surface area contributed by atoms with Crippen LogP contribution in [0.2, 0.25) is 0 Å². The molecule has 82 valence electrons. The van der Waals surface area contributed by atoms with Crippen molar-refractivity contribution in [1.29, 1.82) is 0 Å². The van der Waals surface area contributed by atoms with Gasteiger partial charge in [-0.05, 0) is 31.8 Å². The summed E-state index contributed by atoms with van der Waals surface area (Å²) in [6.07, 6.45) is 3.72. The highest BCUT2D eigenvalue weighted by atomic mass is 16.4. The SMILES string of the molecule is O=C(O)c1cn(CC2CCNCC2)nn1. The van der Waals surface area contributed by atoms with Gasteiger partial charge >= 0.3 is 5.97 Å². The summed E-state index contributed by atoms with van der Waals surface area (Å²) >= 11 is 0. The molecule has 0 spiro atoms. The van der Waals surface area contributed by atoms with Crippen LogP contribution in [0.1, 0.15) is 23.3 Å². The van der Waals surface area contributed by atoms with Gasteiger partial charge in [0.15, 0.2) is 5.69 Å². The molecule has 1 fully saturated rings. The Hall–Kier alpha value is -1.43. The van der Waals surface area contributed by atoms with Gasteiger partial charge in [0.1, 0.15) is 0 Å². The number of hydrogen-bond donors (Lipinski definition) is 2. The van der Waals surface area contributed by atoms with Crippen LogP contribution in [0, 0.1) is 5.92 Å². The second-order valence-corrected chi connectivity index (χ2v) is 3.82. The average molecular weight is 210 g/mol. The van der Waals surface area contributed by atoms with Crippen LogP contribution in [-0.4, -0.2) is 39.2 Å². The lowest BCUT2D eigenvalue weighted by Crippen LogP contribution is -2.30. The van der Waals surface area contributed by atoms with Crippen LogP contribution in [0.25, 0.3) is 0 Å². The van der Waals surface area contributed by atoms with E-state index in [4.69, 9.17) is 5.11 Å². The van der Waals surface area contributed by atoms with Crippen LogP contribution < -0.4 is 5.32 Å². The first-order valence-corrected chi connectivity index (χ1v) is 5.10. The third-order valence-electron chi connectivity index (χ3n) is 2.66. The summed E-state index contributed by atoms with van der Waals surface area (Å²) in [6.45, 7) is 2.83. The predicted octanol–water partition coefficient (Wildman–Crippen LogP) is -0.0241. The number of nitrogens with zero attached hydrogens (tertiary/aromatic N) is 3. The first kappa shape index (κ1) is 10.1. The minimum atomic E-state index is -1.02. The second-order valence-electron chi connectivity index (χ2n) is 3.82. The number of hydrogen-bond acceptors (Lipinski definition) is 4. The van der Waals surface area contributed by atoms with Crippen molar-refractivity contribution in [3.05, 3.63) is 11.9 Å². The van der Waals surface area contributed by atoms with Crippen LogP contribution in [-0.2, 0) is 6.54 Å². The van der Waals surface area contributed by atoms with E-state index in [0.717, 1.165) is 32.5 Å². The Labute approximate surface area is 87.3 Å². The van der Waals surface area contributed by atoms with Gasteiger partial charge in [-0.15, -0.1) is 5.10 Å². The maximum atomic E-state index is 10.6. The summed E-state index contributed by atoms with van der Waals surface area (Å²) in [5.74, 6) is -0.443. The maximum absolute atomic E-state index is 10.6. The summed E-state index contributed by atoms with van der Waals surface area (Å²) in [4.78, 5) is 10.6. The second kappa shape index (κ2) is 4.39. The van der Waals surface area contributed by atoms with Crippen LogP contribution in [0.3, 0.4) is 0 Å². The fraction of sp³-hybridized carbons (Fsp3) is 0.667. The van der Waals surface area contributed by atoms with Crippen molar-refractivity contribution in [2.75, 3.05) is 13.1 Å². The van der Waals surface area contributed by atoms with Crippen molar-refractivity contribution in [3.8, 4) is 0 Å². The summed E-state index contributed by atoms with van der Waals surface area (Å²) in [5.41, 5.74) is 0.0175. The van der Waals surface area contributed by atoms with Gasteiger partial charge in [0, 0.05) is 6.54 Å². The Morgan fingerprint density at radius 3 is 2.93 bits per heavy atom. The van der Waals surface area contributed by atoms with E-state index in [-0.39, 0.29) is 5.69 Å². The summed E-state index contributed by atoms with van der Waals surface area (Å²) in [7, 11) is 0. The van der Waals surface area contributed by atoms with Crippen molar-refractivity contribution in [2.24, 2.45) is 5.92 Å². The molecular formula is C9H14N4O2. The molecule has 0 saturated carbocycles. The molecule has 1 aliphatic heterocycles. The van der Waals surface area contributed by atoms with Gasteiger partial charge in [-0.2, -0.15) is 0 Å². The fourth-order valence-electron chi connectivity index (χ4n) is 1.81. The van der Waals surface area contributed by atoms with Gasteiger partial charge in [0.2, 0.25) is 0 Å². The zero-order valence-electron chi connectivity index (χ0n) is 8.39. The van der Waals surface area contributed by atoms with Gasteiger partial charge in [-0.3, -0.25) is 4.68 Å². The Morgan fingerprint density at radius 1 is 1.60 bits per heavy atom. The molecule has 2 heterocycles. The van der Waals surface area contributed by atoms with E-state index in [2.05, 4.69) is 15.6 Å². The Kier molecular flexibility index (Phi) is 2.96. The lowest BCUT2D eigenvalue weighted by atomic mass is 9.98. The van der Waals surface area contributed by atoms with E-state index in [1.807, 2.05) is 0 Å². The Morgan fingerprint density at radius 2 is 2.33 bits per heavy atom.